The second-order valence-electron chi connectivity index (χ2n) is 3.55. The van der Waals surface area contributed by atoms with Crippen LogP contribution >= 0.6 is 0 Å². The molecule has 0 saturated carbocycles. The van der Waals surface area contributed by atoms with E-state index in [1.807, 2.05) is 0 Å². The van der Waals surface area contributed by atoms with Gasteiger partial charge in [-0.25, -0.2) is 4.72 Å². The van der Waals surface area contributed by atoms with Crippen molar-refractivity contribution in [2.75, 3.05) is 32.8 Å². The first-order valence-electron chi connectivity index (χ1n) is 5.03. The van der Waals surface area contributed by atoms with Gasteiger partial charge in [0.05, 0.1) is 19.3 Å². The molecule has 0 aromatic heterocycles. The number of morpholine rings is 1. The summed E-state index contributed by atoms with van der Waals surface area (Å²) in [6, 6.07) is 0. The third-order valence-corrected chi connectivity index (χ3v) is 3.77. The Bertz CT molecular complexity index is 272. The highest BCUT2D eigenvalue weighted by Crippen LogP contribution is 2.02. The normalized spacial score (nSPS) is 21.5. The largest absolute Gasteiger partial charge is 0.393 e. The van der Waals surface area contributed by atoms with Gasteiger partial charge in [-0.05, 0) is 13.3 Å². The molecule has 0 bridgehead atoms. The Kier molecular flexibility index (Phi) is 4.94. The minimum atomic E-state index is -3.39. The van der Waals surface area contributed by atoms with Gasteiger partial charge < -0.3 is 9.84 Å². The first-order chi connectivity index (χ1) is 7.02. The van der Waals surface area contributed by atoms with Gasteiger partial charge in [-0.15, -0.1) is 0 Å². The topological polar surface area (TPSA) is 78.9 Å². The summed E-state index contributed by atoms with van der Waals surface area (Å²) in [5.41, 5.74) is 0. The molecule has 0 radical (unpaired) electrons. The van der Waals surface area contributed by atoms with E-state index in [4.69, 9.17) is 9.84 Å². The van der Waals surface area contributed by atoms with E-state index in [9.17, 15) is 8.42 Å². The molecule has 1 saturated heterocycles. The maximum absolute atomic E-state index is 11.6. The molecular formula is C8H18N2O4S. The van der Waals surface area contributed by atoms with Crippen molar-refractivity contribution in [2.45, 2.75) is 19.4 Å². The predicted octanol–water partition coefficient (Wildman–Crippen LogP) is -1.08. The van der Waals surface area contributed by atoms with Gasteiger partial charge in [-0.1, -0.05) is 0 Å². The summed E-state index contributed by atoms with van der Waals surface area (Å²) in [6.45, 7) is 3.56. The van der Waals surface area contributed by atoms with Crippen molar-refractivity contribution < 1.29 is 18.3 Å². The molecule has 7 heteroatoms. The maximum atomic E-state index is 11.6. The lowest BCUT2D eigenvalue weighted by Crippen LogP contribution is -2.47. The third kappa shape index (κ3) is 4.43. The van der Waals surface area contributed by atoms with Crippen LogP contribution in [0.3, 0.4) is 0 Å². The number of aliphatic hydroxyl groups excluding tert-OH is 1. The van der Waals surface area contributed by atoms with E-state index in [1.165, 1.54) is 4.31 Å². The van der Waals surface area contributed by atoms with Gasteiger partial charge in [-0.2, -0.15) is 12.7 Å². The molecule has 90 valence electrons. The first kappa shape index (κ1) is 12.9. The zero-order chi connectivity index (χ0) is 11.3. The van der Waals surface area contributed by atoms with Crippen molar-refractivity contribution in [2.24, 2.45) is 0 Å². The molecule has 15 heavy (non-hydrogen) atoms. The lowest BCUT2D eigenvalue weighted by Gasteiger charge is -2.26. The number of aliphatic hydroxyl groups is 1. The third-order valence-electron chi connectivity index (χ3n) is 2.16. The summed E-state index contributed by atoms with van der Waals surface area (Å²) < 4.78 is 32.2. The molecule has 0 aromatic rings. The van der Waals surface area contributed by atoms with Gasteiger partial charge in [0, 0.05) is 19.6 Å². The van der Waals surface area contributed by atoms with Crippen LogP contribution in [0.1, 0.15) is 13.3 Å². The summed E-state index contributed by atoms with van der Waals surface area (Å²) in [7, 11) is -3.39. The van der Waals surface area contributed by atoms with Crippen LogP contribution in [0.5, 0.6) is 0 Å². The summed E-state index contributed by atoms with van der Waals surface area (Å²) in [5.74, 6) is 0. The molecule has 1 rings (SSSR count). The molecule has 1 heterocycles. The fourth-order valence-corrected chi connectivity index (χ4v) is 2.46. The number of nitrogens with zero attached hydrogens (tertiary/aromatic N) is 1. The molecule has 1 unspecified atom stereocenters. The number of nitrogens with one attached hydrogen (secondary N) is 1. The van der Waals surface area contributed by atoms with Crippen LogP contribution in [0.15, 0.2) is 0 Å². The van der Waals surface area contributed by atoms with E-state index >= 15 is 0 Å². The second-order valence-corrected chi connectivity index (χ2v) is 5.30. The summed E-state index contributed by atoms with van der Waals surface area (Å²) >= 11 is 0. The number of rotatable bonds is 5. The zero-order valence-corrected chi connectivity index (χ0v) is 9.66. The standard InChI is InChI=1S/C8H18N2O4S/c1-8(11)2-3-9-15(12,13)10-4-6-14-7-5-10/h8-9,11H,2-7H2,1H3. The van der Waals surface area contributed by atoms with Crippen LogP contribution in [-0.4, -0.2) is 56.8 Å². The Morgan fingerprint density at radius 3 is 2.60 bits per heavy atom. The fraction of sp³-hybridized carbons (Fsp3) is 1.00. The van der Waals surface area contributed by atoms with Crippen LogP contribution < -0.4 is 4.72 Å². The predicted molar refractivity (Wildman–Crippen MR) is 55.6 cm³/mol. The first-order valence-corrected chi connectivity index (χ1v) is 6.47. The molecule has 6 nitrogen and oxygen atoms in total. The van der Waals surface area contributed by atoms with Gasteiger partial charge in [0.25, 0.3) is 10.2 Å². The lowest BCUT2D eigenvalue weighted by atomic mass is 10.3. The van der Waals surface area contributed by atoms with E-state index < -0.39 is 16.3 Å². The van der Waals surface area contributed by atoms with Crippen LogP contribution in [0, 0.1) is 0 Å². The summed E-state index contributed by atoms with van der Waals surface area (Å²) in [6.07, 6.45) is -0.0683. The van der Waals surface area contributed by atoms with Crippen molar-refractivity contribution >= 4 is 10.2 Å². The summed E-state index contributed by atoms with van der Waals surface area (Å²) in [5, 5.41) is 8.99. The smallest absolute Gasteiger partial charge is 0.279 e. The molecule has 0 aromatic carbocycles. The molecule has 1 aliphatic heterocycles. The Hall–Kier alpha value is -0.210. The van der Waals surface area contributed by atoms with Gasteiger partial charge >= 0.3 is 0 Å². The maximum Gasteiger partial charge on any atom is 0.279 e. The highest BCUT2D eigenvalue weighted by molar-refractivity contribution is 7.87. The molecule has 1 aliphatic rings. The average Bonchev–Trinajstić information content (AvgIpc) is 2.18. The van der Waals surface area contributed by atoms with Crippen molar-refractivity contribution in [3.63, 3.8) is 0 Å². The number of hydrogen-bond acceptors (Lipinski definition) is 4. The lowest BCUT2D eigenvalue weighted by molar-refractivity contribution is 0.0724. The monoisotopic (exact) mass is 238 g/mol. The van der Waals surface area contributed by atoms with Crippen molar-refractivity contribution in [3.05, 3.63) is 0 Å². The van der Waals surface area contributed by atoms with Crippen molar-refractivity contribution in [1.29, 1.82) is 0 Å². The molecule has 1 atom stereocenters. The summed E-state index contributed by atoms with van der Waals surface area (Å²) in [4.78, 5) is 0. The van der Waals surface area contributed by atoms with Gasteiger partial charge in [0.2, 0.25) is 0 Å². The van der Waals surface area contributed by atoms with E-state index in [1.54, 1.807) is 6.92 Å². The average molecular weight is 238 g/mol. The van der Waals surface area contributed by atoms with Crippen molar-refractivity contribution in [3.8, 4) is 0 Å². The molecular weight excluding hydrogens is 220 g/mol. The van der Waals surface area contributed by atoms with E-state index in [0.717, 1.165) is 0 Å². The number of ether oxygens (including phenoxy) is 1. The minimum Gasteiger partial charge on any atom is -0.393 e. The van der Waals surface area contributed by atoms with Gasteiger partial charge in [-0.3, -0.25) is 0 Å². The molecule has 0 spiro atoms. The highest BCUT2D eigenvalue weighted by atomic mass is 32.2. The van der Waals surface area contributed by atoms with Crippen LogP contribution in [0.4, 0.5) is 0 Å². The second kappa shape index (κ2) is 5.76. The Morgan fingerprint density at radius 1 is 1.47 bits per heavy atom. The van der Waals surface area contributed by atoms with E-state index in [0.29, 0.717) is 32.7 Å². The Balaban J connectivity index is 2.36. The van der Waals surface area contributed by atoms with E-state index in [-0.39, 0.29) is 6.54 Å². The molecule has 2 N–H and O–H groups in total. The Labute approximate surface area is 90.4 Å². The van der Waals surface area contributed by atoms with Crippen LogP contribution in [-0.2, 0) is 14.9 Å². The molecule has 0 aliphatic carbocycles. The zero-order valence-electron chi connectivity index (χ0n) is 8.85. The van der Waals surface area contributed by atoms with Crippen LogP contribution in [0.2, 0.25) is 0 Å². The quantitative estimate of drug-likeness (QED) is 0.639. The Morgan fingerprint density at radius 2 is 2.07 bits per heavy atom. The fourth-order valence-electron chi connectivity index (χ4n) is 1.28. The SMILES string of the molecule is CC(O)CCNS(=O)(=O)N1CCOCC1. The van der Waals surface area contributed by atoms with Gasteiger partial charge in [0.1, 0.15) is 0 Å². The van der Waals surface area contributed by atoms with Gasteiger partial charge in [0.15, 0.2) is 0 Å². The number of hydrogen-bond donors (Lipinski definition) is 2. The van der Waals surface area contributed by atoms with E-state index in [2.05, 4.69) is 4.72 Å². The van der Waals surface area contributed by atoms with Crippen LogP contribution in [0.25, 0.3) is 0 Å². The molecule has 0 amide bonds. The minimum absolute atomic E-state index is 0.261. The highest BCUT2D eigenvalue weighted by Gasteiger charge is 2.23. The molecule has 1 fully saturated rings. The van der Waals surface area contributed by atoms with Crippen molar-refractivity contribution in [1.82, 2.24) is 9.03 Å².